The third-order valence-corrected chi connectivity index (χ3v) is 6.36. The van der Waals surface area contributed by atoms with E-state index >= 15 is 0 Å². The number of sulfonamides is 1. The molecule has 1 aliphatic rings. The molecule has 0 aromatic heterocycles. The largest absolute Gasteiger partial charge is 0.505 e. The van der Waals surface area contributed by atoms with Gasteiger partial charge in [-0.1, -0.05) is 57.2 Å². The zero-order valence-corrected chi connectivity index (χ0v) is 16.0. The molecule has 1 aliphatic heterocycles. The van der Waals surface area contributed by atoms with Gasteiger partial charge < -0.3 is 5.11 Å². The van der Waals surface area contributed by atoms with Crippen LogP contribution >= 0.6 is 0 Å². The molecule has 0 unspecified atom stereocenters. The molecule has 6 heteroatoms. The summed E-state index contributed by atoms with van der Waals surface area (Å²) < 4.78 is 26.3. The summed E-state index contributed by atoms with van der Waals surface area (Å²) >= 11 is 0. The number of hydrogen-bond donors (Lipinski definition) is 1. The maximum absolute atomic E-state index is 12.8. The van der Waals surface area contributed by atoms with Crippen molar-refractivity contribution in [2.24, 2.45) is 0 Å². The zero-order chi connectivity index (χ0) is 19.3. The summed E-state index contributed by atoms with van der Waals surface area (Å²) in [5.41, 5.74) is 1.23. The van der Waals surface area contributed by atoms with Crippen LogP contribution in [0.4, 0.5) is 0 Å². The van der Waals surface area contributed by atoms with Crippen molar-refractivity contribution in [2.45, 2.75) is 31.1 Å². The van der Waals surface area contributed by atoms with Gasteiger partial charge in [0.2, 0.25) is 5.78 Å². The first-order valence-corrected chi connectivity index (χ1v) is 9.66. The molecule has 2 aromatic rings. The molecule has 0 radical (unpaired) electrons. The van der Waals surface area contributed by atoms with E-state index in [1.165, 1.54) is 19.2 Å². The van der Waals surface area contributed by atoms with Crippen molar-refractivity contribution >= 4 is 21.6 Å². The number of fused-ring (bicyclic) bond motifs is 1. The molecule has 0 saturated heterocycles. The lowest BCUT2D eigenvalue weighted by Crippen LogP contribution is -2.37. The Balaban J connectivity index is 2.17. The van der Waals surface area contributed by atoms with E-state index in [0.29, 0.717) is 5.56 Å². The number of ketones is 1. The average molecular weight is 371 g/mol. The summed E-state index contributed by atoms with van der Waals surface area (Å²) in [5, 5.41) is 10.7. The van der Waals surface area contributed by atoms with Gasteiger partial charge in [0.25, 0.3) is 10.0 Å². The van der Waals surface area contributed by atoms with Crippen LogP contribution in [0.5, 0.6) is 0 Å². The van der Waals surface area contributed by atoms with Crippen molar-refractivity contribution < 1.29 is 18.3 Å². The molecule has 0 spiro atoms. The molecule has 0 aliphatic carbocycles. The van der Waals surface area contributed by atoms with Crippen molar-refractivity contribution in [3.63, 3.8) is 0 Å². The van der Waals surface area contributed by atoms with Gasteiger partial charge in [-0.15, -0.1) is 0 Å². The van der Waals surface area contributed by atoms with E-state index < -0.39 is 15.8 Å². The lowest BCUT2D eigenvalue weighted by molar-refractivity contribution is 0.100. The molecular formula is C20H21NO4S. The predicted molar refractivity (Wildman–Crippen MR) is 100 cm³/mol. The van der Waals surface area contributed by atoms with E-state index in [1.54, 1.807) is 24.3 Å². The van der Waals surface area contributed by atoms with Crippen LogP contribution in [0.2, 0.25) is 0 Å². The van der Waals surface area contributed by atoms with Gasteiger partial charge in [0.1, 0.15) is 5.70 Å². The summed E-state index contributed by atoms with van der Waals surface area (Å²) in [4.78, 5) is 12.8. The van der Waals surface area contributed by atoms with Crippen LogP contribution in [-0.4, -0.2) is 30.7 Å². The highest BCUT2D eigenvalue weighted by molar-refractivity contribution is 7.89. The Bertz CT molecular complexity index is 1010. The number of hydrogen-bond acceptors (Lipinski definition) is 4. The number of aliphatic hydroxyl groups excluding tert-OH is 1. The zero-order valence-electron chi connectivity index (χ0n) is 15.1. The number of allylic oxidation sites excluding steroid dienone is 1. The number of carbonyl (C=O) groups is 1. The molecular weight excluding hydrogens is 350 g/mol. The predicted octanol–water partition coefficient (Wildman–Crippen LogP) is 3.73. The molecule has 1 N–H and O–H groups in total. The maximum atomic E-state index is 12.8. The highest BCUT2D eigenvalue weighted by Gasteiger charge is 2.39. The standard InChI is InChI=1S/C20H21NO4S/c1-20(2,3)14-11-9-13(10-12-14)18(22)17-19(23)15-7-5-6-8-16(15)26(24,25)21(17)4/h5-12,22H,1-4H3. The molecule has 0 bridgehead atoms. The number of likely N-dealkylation sites (N-methyl/N-ethyl adjacent to an activating group) is 1. The van der Waals surface area contributed by atoms with Crippen molar-refractivity contribution in [3.05, 3.63) is 70.9 Å². The first-order valence-electron chi connectivity index (χ1n) is 8.22. The molecule has 136 valence electrons. The Morgan fingerprint density at radius 1 is 1.00 bits per heavy atom. The van der Waals surface area contributed by atoms with Gasteiger partial charge in [0, 0.05) is 18.2 Å². The van der Waals surface area contributed by atoms with Gasteiger partial charge in [-0.3, -0.25) is 9.10 Å². The molecule has 26 heavy (non-hydrogen) atoms. The molecule has 3 rings (SSSR count). The van der Waals surface area contributed by atoms with E-state index in [9.17, 15) is 18.3 Å². The van der Waals surface area contributed by atoms with Crippen LogP contribution < -0.4 is 0 Å². The van der Waals surface area contributed by atoms with Crippen molar-refractivity contribution in [1.29, 1.82) is 0 Å². The number of benzene rings is 2. The van der Waals surface area contributed by atoms with Crippen LogP contribution in [0.25, 0.3) is 5.76 Å². The minimum atomic E-state index is -3.89. The maximum Gasteiger partial charge on any atom is 0.265 e. The van der Waals surface area contributed by atoms with Crippen LogP contribution in [-0.2, 0) is 15.4 Å². The van der Waals surface area contributed by atoms with E-state index in [4.69, 9.17) is 0 Å². The second-order valence-electron chi connectivity index (χ2n) is 7.32. The molecule has 0 fully saturated rings. The van der Waals surface area contributed by atoms with Gasteiger partial charge in [-0.25, -0.2) is 8.42 Å². The molecule has 2 aromatic carbocycles. The van der Waals surface area contributed by atoms with Gasteiger partial charge in [0.15, 0.2) is 5.76 Å². The lowest BCUT2D eigenvalue weighted by atomic mass is 9.86. The van der Waals surface area contributed by atoms with Gasteiger partial charge >= 0.3 is 0 Å². The fourth-order valence-electron chi connectivity index (χ4n) is 2.94. The third kappa shape index (κ3) is 2.80. The molecule has 0 saturated carbocycles. The number of nitrogens with zero attached hydrogens (tertiary/aromatic N) is 1. The highest BCUT2D eigenvalue weighted by Crippen LogP contribution is 2.34. The molecule has 0 amide bonds. The number of carbonyl (C=O) groups excluding carboxylic acids is 1. The summed E-state index contributed by atoms with van der Waals surface area (Å²) in [6.45, 7) is 6.22. The highest BCUT2D eigenvalue weighted by atomic mass is 32.2. The number of Topliss-reactive ketones (excluding diaryl/α,β-unsaturated/α-hetero) is 1. The SMILES string of the molecule is CN1C(=C(O)c2ccc(C(C)(C)C)cc2)C(=O)c2ccccc2S1(=O)=O. The number of aliphatic hydroxyl groups is 1. The molecule has 5 nitrogen and oxygen atoms in total. The topological polar surface area (TPSA) is 74.7 Å². The number of rotatable bonds is 1. The Morgan fingerprint density at radius 2 is 1.58 bits per heavy atom. The van der Waals surface area contributed by atoms with Crippen molar-refractivity contribution in [2.75, 3.05) is 7.05 Å². The fraction of sp³-hybridized carbons (Fsp3) is 0.250. The normalized spacial score (nSPS) is 18.5. The van der Waals surface area contributed by atoms with Gasteiger partial charge in [-0.2, -0.15) is 0 Å². The van der Waals surface area contributed by atoms with Crippen molar-refractivity contribution in [1.82, 2.24) is 4.31 Å². The van der Waals surface area contributed by atoms with Crippen LogP contribution in [0.1, 0.15) is 42.3 Å². The van der Waals surface area contributed by atoms with Gasteiger partial charge in [-0.05, 0) is 23.1 Å². The Kier molecular flexibility index (Phi) is 4.19. The second-order valence-corrected chi connectivity index (χ2v) is 9.26. The minimum Gasteiger partial charge on any atom is -0.505 e. The van der Waals surface area contributed by atoms with Crippen LogP contribution in [0.3, 0.4) is 0 Å². The van der Waals surface area contributed by atoms with Crippen LogP contribution in [0.15, 0.2) is 59.1 Å². The van der Waals surface area contributed by atoms with Crippen LogP contribution in [0, 0.1) is 0 Å². The van der Waals surface area contributed by atoms with Crippen molar-refractivity contribution in [3.8, 4) is 0 Å². The molecule has 0 atom stereocenters. The Hall–Kier alpha value is -2.60. The summed E-state index contributed by atoms with van der Waals surface area (Å²) in [7, 11) is -2.62. The monoisotopic (exact) mass is 371 g/mol. The van der Waals surface area contributed by atoms with Gasteiger partial charge in [0.05, 0.1) is 4.90 Å². The average Bonchev–Trinajstić information content (AvgIpc) is 2.60. The first-order chi connectivity index (χ1) is 12.0. The van der Waals surface area contributed by atoms with E-state index in [1.807, 2.05) is 12.1 Å². The third-order valence-electron chi connectivity index (χ3n) is 4.55. The Labute approximate surface area is 153 Å². The minimum absolute atomic E-state index is 0.0490. The van der Waals surface area contributed by atoms with E-state index in [-0.39, 0.29) is 27.3 Å². The van der Waals surface area contributed by atoms with E-state index in [2.05, 4.69) is 20.8 Å². The second kappa shape index (κ2) is 5.99. The molecule has 1 heterocycles. The smallest absolute Gasteiger partial charge is 0.265 e. The summed E-state index contributed by atoms with van der Waals surface area (Å²) in [6, 6.07) is 13.1. The Morgan fingerprint density at radius 3 is 2.15 bits per heavy atom. The first kappa shape index (κ1) is 18.2. The van der Waals surface area contributed by atoms with E-state index in [0.717, 1.165) is 9.87 Å². The fourth-order valence-corrected chi connectivity index (χ4v) is 4.33. The lowest BCUT2D eigenvalue weighted by Gasteiger charge is -2.28. The summed E-state index contributed by atoms with van der Waals surface area (Å²) in [6.07, 6.45) is 0. The summed E-state index contributed by atoms with van der Waals surface area (Å²) in [5.74, 6) is -0.869. The quantitative estimate of drug-likeness (QED) is 0.612.